The summed E-state index contributed by atoms with van der Waals surface area (Å²) in [5.74, 6) is -0.374. The van der Waals surface area contributed by atoms with Crippen molar-refractivity contribution in [2.75, 3.05) is 5.32 Å². The lowest BCUT2D eigenvalue weighted by Crippen LogP contribution is -2.08. The Morgan fingerprint density at radius 3 is 2.84 bits per heavy atom. The summed E-state index contributed by atoms with van der Waals surface area (Å²) < 4.78 is 14.0. The summed E-state index contributed by atoms with van der Waals surface area (Å²) in [6, 6.07) is 8.74. The van der Waals surface area contributed by atoms with Crippen LogP contribution in [0, 0.1) is 17.1 Å². The van der Waals surface area contributed by atoms with Gasteiger partial charge in [0.05, 0.1) is 23.5 Å². The summed E-state index contributed by atoms with van der Waals surface area (Å²) in [5, 5.41) is 12.2. The zero-order chi connectivity index (χ0) is 13.8. The van der Waals surface area contributed by atoms with Crippen LogP contribution in [0.1, 0.15) is 24.1 Å². The second-order valence-corrected chi connectivity index (χ2v) is 5.02. The molecule has 3 nitrogen and oxygen atoms in total. The van der Waals surface area contributed by atoms with Crippen LogP contribution in [0.15, 0.2) is 41.1 Å². The van der Waals surface area contributed by atoms with Crippen LogP contribution in [0.2, 0.25) is 0 Å². The maximum absolute atomic E-state index is 13.1. The van der Waals surface area contributed by atoms with E-state index >= 15 is 0 Å². The van der Waals surface area contributed by atoms with Crippen molar-refractivity contribution in [2.45, 2.75) is 13.0 Å². The average Bonchev–Trinajstić information content (AvgIpc) is 2.39. The van der Waals surface area contributed by atoms with Crippen molar-refractivity contribution in [3.63, 3.8) is 0 Å². The van der Waals surface area contributed by atoms with E-state index < -0.39 is 0 Å². The molecule has 96 valence electrons. The topological polar surface area (TPSA) is 48.7 Å². The molecule has 2 rings (SSSR count). The Bertz CT molecular complexity index is 637. The van der Waals surface area contributed by atoms with Crippen molar-refractivity contribution in [1.82, 2.24) is 4.98 Å². The van der Waals surface area contributed by atoms with Gasteiger partial charge in [-0.25, -0.2) is 4.39 Å². The van der Waals surface area contributed by atoms with E-state index in [1.165, 1.54) is 6.07 Å². The average molecular weight is 320 g/mol. The maximum atomic E-state index is 13.1. The molecule has 1 aromatic heterocycles. The van der Waals surface area contributed by atoms with Crippen molar-refractivity contribution in [3.05, 3.63) is 58.1 Å². The molecule has 0 spiro atoms. The zero-order valence-corrected chi connectivity index (χ0v) is 11.8. The van der Waals surface area contributed by atoms with Crippen LogP contribution in [0.5, 0.6) is 0 Å². The highest BCUT2D eigenvalue weighted by atomic mass is 79.9. The molecule has 0 aliphatic rings. The van der Waals surface area contributed by atoms with Crippen LogP contribution < -0.4 is 5.32 Å². The molecule has 0 aliphatic heterocycles. The minimum Gasteiger partial charge on any atom is -0.377 e. The number of pyridine rings is 1. The Hall–Kier alpha value is -1.93. The molecule has 1 unspecified atom stereocenters. The first-order valence-electron chi connectivity index (χ1n) is 5.67. The van der Waals surface area contributed by atoms with Crippen molar-refractivity contribution < 1.29 is 4.39 Å². The van der Waals surface area contributed by atoms with Gasteiger partial charge in [-0.1, -0.05) is 15.9 Å². The summed E-state index contributed by atoms with van der Waals surface area (Å²) in [6.07, 6.45) is 2.76. The van der Waals surface area contributed by atoms with Crippen molar-refractivity contribution in [3.8, 4) is 6.07 Å². The van der Waals surface area contributed by atoms with Gasteiger partial charge in [0.25, 0.3) is 0 Å². The van der Waals surface area contributed by atoms with Gasteiger partial charge in [-0.3, -0.25) is 4.98 Å². The van der Waals surface area contributed by atoms with Gasteiger partial charge in [0, 0.05) is 10.7 Å². The number of halogens is 2. The molecule has 2 aromatic rings. The van der Waals surface area contributed by atoms with Gasteiger partial charge >= 0.3 is 0 Å². The van der Waals surface area contributed by atoms with E-state index in [0.717, 1.165) is 16.2 Å². The summed E-state index contributed by atoms with van der Waals surface area (Å²) in [5.41, 5.74) is 1.97. The fourth-order valence-electron chi connectivity index (χ4n) is 1.72. The number of rotatable bonds is 3. The largest absolute Gasteiger partial charge is 0.377 e. The lowest BCUT2D eigenvalue weighted by atomic mass is 10.1. The van der Waals surface area contributed by atoms with Gasteiger partial charge in [-0.05, 0) is 36.8 Å². The smallest absolute Gasteiger partial charge is 0.141 e. The predicted octanol–water partition coefficient (Wildman–Crippen LogP) is 4.03. The van der Waals surface area contributed by atoms with Crippen LogP contribution >= 0.6 is 15.9 Å². The molecule has 0 saturated heterocycles. The number of hydrogen-bond acceptors (Lipinski definition) is 3. The molecule has 0 amide bonds. The summed E-state index contributed by atoms with van der Waals surface area (Å²) >= 11 is 3.36. The molecule has 19 heavy (non-hydrogen) atoms. The van der Waals surface area contributed by atoms with E-state index in [4.69, 9.17) is 5.26 Å². The minimum absolute atomic E-state index is 0.149. The molecular formula is C14H11BrFN3. The Kier molecular flexibility index (Phi) is 4.13. The van der Waals surface area contributed by atoms with E-state index in [2.05, 4.69) is 32.3 Å². The number of nitriles is 1. The molecule has 0 bridgehead atoms. The Labute approximate surface area is 119 Å². The highest BCUT2D eigenvalue weighted by Crippen LogP contribution is 2.25. The maximum Gasteiger partial charge on any atom is 0.141 e. The molecule has 1 heterocycles. The fourth-order valence-corrected chi connectivity index (χ4v) is 2.08. The molecule has 1 N–H and O–H groups in total. The Morgan fingerprint density at radius 2 is 2.16 bits per heavy atom. The van der Waals surface area contributed by atoms with E-state index in [-0.39, 0.29) is 11.9 Å². The molecule has 1 aromatic carbocycles. The lowest BCUT2D eigenvalue weighted by Gasteiger charge is -2.16. The van der Waals surface area contributed by atoms with Crippen molar-refractivity contribution in [1.29, 1.82) is 5.26 Å². The molecular weight excluding hydrogens is 309 g/mol. The van der Waals surface area contributed by atoms with Gasteiger partial charge in [0.15, 0.2) is 0 Å². The van der Waals surface area contributed by atoms with Gasteiger partial charge in [0.1, 0.15) is 11.9 Å². The molecule has 5 heteroatoms. The number of aromatic nitrogens is 1. The van der Waals surface area contributed by atoms with Gasteiger partial charge in [-0.2, -0.15) is 5.26 Å². The molecule has 0 aliphatic carbocycles. The lowest BCUT2D eigenvalue weighted by molar-refractivity contribution is 0.616. The third-order valence-corrected chi connectivity index (χ3v) is 3.19. The number of anilines is 1. The predicted molar refractivity (Wildman–Crippen MR) is 75.1 cm³/mol. The molecule has 0 radical (unpaired) electrons. The third-order valence-electron chi connectivity index (χ3n) is 2.70. The first-order chi connectivity index (χ1) is 9.10. The number of nitrogens with zero attached hydrogens (tertiary/aromatic N) is 2. The zero-order valence-electron chi connectivity index (χ0n) is 10.2. The minimum atomic E-state index is -0.374. The number of nitrogens with one attached hydrogen (secondary N) is 1. The highest BCUT2D eigenvalue weighted by molar-refractivity contribution is 9.10. The van der Waals surface area contributed by atoms with Crippen molar-refractivity contribution >= 4 is 21.6 Å². The van der Waals surface area contributed by atoms with Gasteiger partial charge in [0.2, 0.25) is 0 Å². The van der Waals surface area contributed by atoms with Crippen LogP contribution in [0.4, 0.5) is 10.1 Å². The van der Waals surface area contributed by atoms with Crippen LogP contribution in [-0.4, -0.2) is 4.98 Å². The summed E-state index contributed by atoms with van der Waals surface area (Å²) in [6.45, 7) is 1.89. The van der Waals surface area contributed by atoms with Crippen LogP contribution in [-0.2, 0) is 0 Å². The second-order valence-electron chi connectivity index (χ2n) is 4.10. The van der Waals surface area contributed by atoms with E-state index in [1.54, 1.807) is 18.3 Å². The Balaban J connectivity index is 2.26. The van der Waals surface area contributed by atoms with E-state index in [9.17, 15) is 4.39 Å². The molecule has 0 saturated carbocycles. The van der Waals surface area contributed by atoms with E-state index in [1.807, 2.05) is 13.0 Å². The van der Waals surface area contributed by atoms with Gasteiger partial charge in [-0.15, -0.1) is 0 Å². The second kappa shape index (κ2) is 5.81. The van der Waals surface area contributed by atoms with Gasteiger partial charge < -0.3 is 5.32 Å². The first-order valence-corrected chi connectivity index (χ1v) is 6.46. The Morgan fingerprint density at radius 1 is 1.37 bits per heavy atom. The monoisotopic (exact) mass is 319 g/mol. The van der Waals surface area contributed by atoms with Crippen LogP contribution in [0.3, 0.4) is 0 Å². The molecule has 0 fully saturated rings. The normalized spacial score (nSPS) is 11.7. The number of hydrogen-bond donors (Lipinski definition) is 1. The number of benzene rings is 1. The van der Waals surface area contributed by atoms with E-state index in [0.29, 0.717) is 11.3 Å². The fraction of sp³-hybridized carbons (Fsp3) is 0.143. The van der Waals surface area contributed by atoms with Crippen molar-refractivity contribution in [2.24, 2.45) is 0 Å². The molecule has 1 atom stereocenters. The third kappa shape index (κ3) is 3.30. The SMILES string of the molecule is CC(Nc1cc(Br)ccc1C#N)c1cncc(F)c1. The standard InChI is InChI=1S/C14H11BrFN3/c1-9(11-4-13(16)8-18-7-11)19-14-5-12(15)3-2-10(14)6-17/h2-5,7-9,19H,1H3. The quantitative estimate of drug-likeness (QED) is 0.929. The highest BCUT2D eigenvalue weighted by Gasteiger charge is 2.10. The first kappa shape index (κ1) is 13.5. The summed E-state index contributed by atoms with van der Waals surface area (Å²) in [7, 11) is 0. The van der Waals surface area contributed by atoms with Crippen LogP contribution in [0.25, 0.3) is 0 Å². The summed E-state index contributed by atoms with van der Waals surface area (Å²) in [4.78, 5) is 3.82.